The number of carbonyl (C=O) groups is 1. The van der Waals surface area contributed by atoms with Crippen molar-refractivity contribution in [3.8, 4) is 5.75 Å². The summed E-state index contributed by atoms with van der Waals surface area (Å²) in [4.78, 5) is 10.5. The maximum absolute atomic E-state index is 11.7. The summed E-state index contributed by atoms with van der Waals surface area (Å²) >= 11 is 0. The lowest BCUT2D eigenvalue weighted by atomic mass is 10.2. The quantitative estimate of drug-likeness (QED) is 0.704. The van der Waals surface area contributed by atoms with E-state index in [4.69, 9.17) is 4.74 Å². The summed E-state index contributed by atoms with van der Waals surface area (Å²) < 4.78 is 28.4. The minimum atomic E-state index is -3.62. The van der Waals surface area contributed by atoms with E-state index in [1.165, 1.54) is 19.3 Å². The Hall–Kier alpha value is -1.62. The van der Waals surface area contributed by atoms with Gasteiger partial charge in [-0.25, -0.2) is 8.42 Å². The zero-order chi connectivity index (χ0) is 11.1. The van der Waals surface area contributed by atoms with Gasteiger partial charge in [0.1, 0.15) is 10.7 Å². The van der Waals surface area contributed by atoms with Crippen LogP contribution in [0.1, 0.15) is 5.56 Å². The molecule has 0 fully saturated rings. The third-order valence-corrected chi connectivity index (χ3v) is 4.00. The van der Waals surface area contributed by atoms with Gasteiger partial charge >= 0.3 is 0 Å². The molecule has 4 nitrogen and oxygen atoms in total. The van der Waals surface area contributed by atoms with Crippen LogP contribution >= 0.6 is 0 Å². The predicted octanol–water partition coefficient (Wildman–Crippen LogP) is 1.02. The molecule has 0 atom stereocenters. The highest BCUT2D eigenvalue weighted by Gasteiger charge is 2.29. The van der Waals surface area contributed by atoms with Gasteiger partial charge in [0.05, 0.1) is 12.0 Å². The molecule has 1 aliphatic heterocycles. The van der Waals surface area contributed by atoms with Gasteiger partial charge in [-0.05, 0) is 29.8 Å². The number of methoxy groups -OCH3 is 1. The number of aldehydes is 1. The number of allylic oxidation sites excluding steroid dienone is 1. The summed E-state index contributed by atoms with van der Waals surface area (Å²) in [5.74, 6) is 0.456. The molecule has 0 aliphatic carbocycles. The van der Waals surface area contributed by atoms with Crippen LogP contribution in [-0.4, -0.2) is 21.8 Å². The highest BCUT2D eigenvalue weighted by molar-refractivity contribution is 7.96. The van der Waals surface area contributed by atoms with E-state index in [9.17, 15) is 13.2 Å². The molecule has 1 heterocycles. The molecule has 5 heteroatoms. The monoisotopic (exact) mass is 224 g/mol. The molecule has 0 spiro atoms. The maximum Gasteiger partial charge on any atom is 0.210 e. The highest BCUT2D eigenvalue weighted by Crippen LogP contribution is 2.33. The van der Waals surface area contributed by atoms with E-state index in [-0.39, 0.29) is 9.80 Å². The van der Waals surface area contributed by atoms with E-state index in [0.717, 1.165) is 0 Å². The van der Waals surface area contributed by atoms with Crippen LogP contribution in [-0.2, 0) is 14.6 Å². The molecule has 2 rings (SSSR count). The van der Waals surface area contributed by atoms with Crippen LogP contribution < -0.4 is 4.74 Å². The topological polar surface area (TPSA) is 60.4 Å². The molecule has 15 heavy (non-hydrogen) atoms. The van der Waals surface area contributed by atoms with Crippen molar-refractivity contribution < 1.29 is 17.9 Å². The van der Waals surface area contributed by atoms with E-state index >= 15 is 0 Å². The number of rotatable bonds is 2. The number of fused-ring (bicyclic) bond motifs is 1. The zero-order valence-corrected chi connectivity index (χ0v) is 8.74. The van der Waals surface area contributed by atoms with E-state index in [2.05, 4.69) is 0 Å². The zero-order valence-electron chi connectivity index (χ0n) is 7.93. The van der Waals surface area contributed by atoms with E-state index in [1.54, 1.807) is 12.1 Å². The first-order chi connectivity index (χ1) is 7.09. The number of sulfone groups is 1. The third kappa shape index (κ3) is 1.35. The smallest absolute Gasteiger partial charge is 0.210 e. The molecular weight excluding hydrogens is 216 g/mol. The van der Waals surface area contributed by atoms with Crippen molar-refractivity contribution in [2.24, 2.45) is 0 Å². The molecule has 0 amide bonds. The number of ether oxygens (including phenoxy) is 1. The SMILES string of the molecule is COc1ccc2c(c1)S(=O)(=O)C(C=O)=C2. The van der Waals surface area contributed by atoms with Crippen molar-refractivity contribution in [2.45, 2.75) is 4.90 Å². The summed E-state index contributed by atoms with van der Waals surface area (Å²) in [7, 11) is -2.16. The standard InChI is InChI=1S/C10H8O4S/c1-14-8-3-2-7-4-9(6-11)15(12,13)10(7)5-8/h2-6H,1H3. The Balaban J connectivity index is 2.69. The van der Waals surface area contributed by atoms with Crippen LogP contribution in [0.4, 0.5) is 0 Å². The molecule has 1 aromatic carbocycles. The van der Waals surface area contributed by atoms with E-state index in [1.807, 2.05) is 0 Å². The van der Waals surface area contributed by atoms with Gasteiger partial charge in [0.2, 0.25) is 9.84 Å². The largest absolute Gasteiger partial charge is 0.497 e. The molecule has 1 aliphatic rings. The summed E-state index contributed by atoms with van der Waals surface area (Å²) in [6.07, 6.45) is 1.71. The maximum atomic E-state index is 11.7. The fourth-order valence-electron chi connectivity index (χ4n) is 1.45. The molecular formula is C10H8O4S. The molecule has 1 aromatic rings. The normalized spacial score (nSPS) is 16.7. The summed E-state index contributed by atoms with van der Waals surface area (Å²) in [6, 6.07) is 4.68. The lowest BCUT2D eigenvalue weighted by Gasteiger charge is -2.02. The van der Waals surface area contributed by atoms with Crippen LogP contribution in [0.2, 0.25) is 0 Å². The minimum Gasteiger partial charge on any atom is -0.497 e. The lowest BCUT2D eigenvalue weighted by molar-refractivity contribution is -0.104. The van der Waals surface area contributed by atoms with Gasteiger partial charge in [-0.2, -0.15) is 0 Å². The molecule has 78 valence electrons. The Morgan fingerprint density at radius 1 is 1.33 bits per heavy atom. The van der Waals surface area contributed by atoms with Crippen LogP contribution in [0.5, 0.6) is 5.75 Å². The molecule has 0 saturated heterocycles. The molecule has 0 unspecified atom stereocenters. The second-order valence-electron chi connectivity index (χ2n) is 3.07. The van der Waals surface area contributed by atoms with Crippen molar-refractivity contribution in [3.05, 3.63) is 28.7 Å². The first-order valence-electron chi connectivity index (χ1n) is 4.19. The summed E-state index contributed by atoms with van der Waals surface area (Å²) in [6.45, 7) is 0. The second-order valence-corrected chi connectivity index (χ2v) is 4.99. The number of hydrogen-bond acceptors (Lipinski definition) is 4. The molecule has 0 saturated carbocycles. The Labute approximate surface area is 87.1 Å². The van der Waals surface area contributed by atoms with Crippen LogP contribution in [0.25, 0.3) is 6.08 Å². The second kappa shape index (κ2) is 3.20. The van der Waals surface area contributed by atoms with Gasteiger partial charge in [0, 0.05) is 0 Å². The van der Waals surface area contributed by atoms with Crippen molar-refractivity contribution in [1.29, 1.82) is 0 Å². The van der Waals surface area contributed by atoms with E-state index in [0.29, 0.717) is 17.6 Å². The van der Waals surface area contributed by atoms with Crippen molar-refractivity contribution in [1.82, 2.24) is 0 Å². The van der Waals surface area contributed by atoms with Gasteiger partial charge in [0.25, 0.3) is 0 Å². The third-order valence-electron chi connectivity index (χ3n) is 2.23. The molecule has 0 N–H and O–H groups in total. The number of benzene rings is 1. The molecule has 0 aromatic heterocycles. The number of carbonyl (C=O) groups excluding carboxylic acids is 1. The van der Waals surface area contributed by atoms with Crippen molar-refractivity contribution in [3.63, 3.8) is 0 Å². The van der Waals surface area contributed by atoms with Gasteiger partial charge in [0.15, 0.2) is 6.29 Å². The molecule has 0 radical (unpaired) electrons. The van der Waals surface area contributed by atoms with Gasteiger partial charge < -0.3 is 4.74 Å². The Morgan fingerprint density at radius 2 is 2.07 bits per heavy atom. The fourth-order valence-corrected chi connectivity index (χ4v) is 2.82. The average molecular weight is 224 g/mol. The molecule has 0 bridgehead atoms. The number of hydrogen-bond donors (Lipinski definition) is 0. The van der Waals surface area contributed by atoms with Crippen LogP contribution in [0, 0.1) is 0 Å². The first-order valence-corrected chi connectivity index (χ1v) is 5.68. The van der Waals surface area contributed by atoms with Crippen molar-refractivity contribution >= 4 is 22.2 Å². The first kappa shape index (κ1) is 9.92. The van der Waals surface area contributed by atoms with Crippen LogP contribution in [0.3, 0.4) is 0 Å². The minimum absolute atomic E-state index is 0.129. The predicted molar refractivity (Wildman–Crippen MR) is 54.2 cm³/mol. The average Bonchev–Trinajstić information content (AvgIpc) is 2.50. The Morgan fingerprint density at radius 3 is 2.67 bits per heavy atom. The Kier molecular flexibility index (Phi) is 2.12. The summed E-state index contributed by atoms with van der Waals surface area (Å²) in [5, 5.41) is 0. The highest BCUT2D eigenvalue weighted by atomic mass is 32.2. The van der Waals surface area contributed by atoms with Crippen LogP contribution in [0.15, 0.2) is 28.0 Å². The summed E-state index contributed by atoms with van der Waals surface area (Å²) in [5.41, 5.74) is 0.526. The van der Waals surface area contributed by atoms with Crippen molar-refractivity contribution in [2.75, 3.05) is 7.11 Å². The fraction of sp³-hybridized carbons (Fsp3) is 0.100. The van der Waals surface area contributed by atoms with E-state index < -0.39 is 9.84 Å². The van der Waals surface area contributed by atoms with Gasteiger partial charge in [-0.15, -0.1) is 0 Å². The lowest BCUT2D eigenvalue weighted by Crippen LogP contribution is -2.01. The van der Waals surface area contributed by atoms with Gasteiger partial charge in [-0.3, -0.25) is 4.79 Å². The van der Waals surface area contributed by atoms with Gasteiger partial charge in [-0.1, -0.05) is 0 Å². The Bertz CT molecular complexity index is 555.